The Hall–Kier alpha value is -0.290. The minimum Gasteiger partial charge on any atom is -0.481 e. The molecule has 1 aliphatic rings. The second-order valence-corrected chi connectivity index (χ2v) is 8.01. The Morgan fingerprint density at radius 3 is 2.55 bits per heavy atom. The number of nitrogens with two attached hydrogens (primary N) is 1. The average molecular weight is 336 g/mol. The molecule has 1 heterocycles. The summed E-state index contributed by atoms with van der Waals surface area (Å²) in [5.74, 6) is -0.742. The first-order valence-electron chi connectivity index (χ1n) is 6.84. The molecule has 1 unspecified atom stereocenters. The highest BCUT2D eigenvalue weighted by Gasteiger charge is 2.36. The molecule has 0 spiro atoms. The van der Waals surface area contributed by atoms with Crippen LogP contribution in [0.15, 0.2) is 6.07 Å². The zero-order chi connectivity index (χ0) is 14.8. The van der Waals surface area contributed by atoms with E-state index in [-0.39, 0.29) is 17.9 Å². The fourth-order valence-corrected chi connectivity index (χ4v) is 4.85. The van der Waals surface area contributed by atoms with Crippen LogP contribution in [-0.4, -0.2) is 11.1 Å². The number of halogens is 2. The van der Waals surface area contributed by atoms with Gasteiger partial charge in [-0.1, -0.05) is 42.5 Å². The number of thiophene rings is 1. The van der Waals surface area contributed by atoms with Crippen molar-refractivity contribution in [1.82, 2.24) is 0 Å². The van der Waals surface area contributed by atoms with Gasteiger partial charge in [-0.3, -0.25) is 4.79 Å². The quantitative estimate of drug-likeness (QED) is 0.806. The van der Waals surface area contributed by atoms with Crippen LogP contribution in [-0.2, 0) is 4.79 Å². The second-order valence-electron chi connectivity index (χ2n) is 5.72. The van der Waals surface area contributed by atoms with Gasteiger partial charge in [0.15, 0.2) is 0 Å². The molecule has 0 saturated heterocycles. The molecular weight excluding hydrogens is 317 g/mol. The molecule has 112 valence electrons. The largest absolute Gasteiger partial charge is 0.481 e. The van der Waals surface area contributed by atoms with Crippen molar-refractivity contribution in [3.05, 3.63) is 20.3 Å². The Morgan fingerprint density at radius 2 is 2.05 bits per heavy atom. The minimum atomic E-state index is -0.742. The first-order chi connectivity index (χ1) is 9.42. The van der Waals surface area contributed by atoms with Crippen LogP contribution in [0.5, 0.6) is 0 Å². The highest BCUT2D eigenvalue weighted by molar-refractivity contribution is 7.20. The van der Waals surface area contributed by atoms with E-state index in [0.717, 1.165) is 31.2 Å². The summed E-state index contributed by atoms with van der Waals surface area (Å²) in [6.07, 6.45) is 6.06. The first kappa shape index (κ1) is 16.1. The standard InChI is InChI=1S/C14H19Cl2NO2S/c15-11-6-9(13(16)20-11)10(17)7-14(8-12(18)19)4-2-1-3-5-14/h6,10H,1-5,7-8,17H2,(H,18,19). The number of carbonyl (C=O) groups is 1. The van der Waals surface area contributed by atoms with E-state index in [0.29, 0.717) is 15.1 Å². The van der Waals surface area contributed by atoms with E-state index in [9.17, 15) is 9.90 Å². The van der Waals surface area contributed by atoms with E-state index < -0.39 is 5.97 Å². The van der Waals surface area contributed by atoms with Crippen LogP contribution < -0.4 is 5.73 Å². The molecule has 3 nitrogen and oxygen atoms in total. The highest BCUT2D eigenvalue weighted by Crippen LogP contribution is 2.47. The third kappa shape index (κ3) is 3.88. The van der Waals surface area contributed by atoms with Crippen molar-refractivity contribution in [2.75, 3.05) is 0 Å². The monoisotopic (exact) mass is 335 g/mol. The predicted octanol–water partition coefficient (Wildman–Crippen LogP) is 4.87. The molecule has 0 radical (unpaired) electrons. The summed E-state index contributed by atoms with van der Waals surface area (Å²) in [6.45, 7) is 0. The van der Waals surface area contributed by atoms with E-state index in [2.05, 4.69) is 0 Å². The van der Waals surface area contributed by atoms with E-state index in [1.54, 1.807) is 6.07 Å². The molecule has 0 bridgehead atoms. The maximum atomic E-state index is 11.2. The number of aliphatic carboxylic acids is 1. The van der Waals surface area contributed by atoms with Gasteiger partial charge in [0.1, 0.15) is 0 Å². The first-order valence-corrected chi connectivity index (χ1v) is 8.41. The van der Waals surface area contributed by atoms with Crippen LogP contribution in [0.4, 0.5) is 0 Å². The predicted molar refractivity (Wildman–Crippen MR) is 83.7 cm³/mol. The maximum Gasteiger partial charge on any atom is 0.303 e. The van der Waals surface area contributed by atoms with Gasteiger partial charge < -0.3 is 10.8 Å². The Kier molecular flexibility index (Phi) is 5.35. The van der Waals surface area contributed by atoms with Crippen LogP contribution in [0.2, 0.25) is 8.67 Å². The molecule has 1 aromatic rings. The van der Waals surface area contributed by atoms with Crippen molar-refractivity contribution < 1.29 is 9.90 Å². The van der Waals surface area contributed by atoms with Crippen LogP contribution in [0, 0.1) is 5.41 Å². The van der Waals surface area contributed by atoms with Gasteiger partial charge in [0.2, 0.25) is 0 Å². The van der Waals surface area contributed by atoms with Crippen molar-refractivity contribution in [3.63, 3.8) is 0 Å². The zero-order valence-electron chi connectivity index (χ0n) is 11.2. The van der Waals surface area contributed by atoms with E-state index in [4.69, 9.17) is 28.9 Å². The van der Waals surface area contributed by atoms with Crippen molar-refractivity contribution in [2.45, 2.75) is 51.0 Å². The fraction of sp³-hybridized carbons (Fsp3) is 0.643. The third-order valence-electron chi connectivity index (χ3n) is 4.18. The van der Waals surface area contributed by atoms with Crippen molar-refractivity contribution in [1.29, 1.82) is 0 Å². The molecule has 3 N–H and O–H groups in total. The lowest BCUT2D eigenvalue weighted by Crippen LogP contribution is -2.31. The molecule has 1 fully saturated rings. The molecule has 2 rings (SSSR count). The lowest BCUT2D eigenvalue weighted by molar-refractivity contribution is -0.140. The van der Waals surface area contributed by atoms with Crippen molar-refractivity contribution >= 4 is 40.5 Å². The van der Waals surface area contributed by atoms with Crippen LogP contribution in [0.1, 0.15) is 56.6 Å². The van der Waals surface area contributed by atoms with Gasteiger partial charge in [0, 0.05) is 6.04 Å². The van der Waals surface area contributed by atoms with Gasteiger partial charge in [-0.2, -0.15) is 0 Å². The zero-order valence-corrected chi connectivity index (χ0v) is 13.5. The normalized spacial score (nSPS) is 19.8. The molecule has 1 aliphatic carbocycles. The molecule has 1 atom stereocenters. The van der Waals surface area contributed by atoms with Crippen molar-refractivity contribution in [3.8, 4) is 0 Å². The van der Waals surface area contributed by atoms with Crippen molar-refractivity contribution in [2.24, 2.45) is 11.1 Å². The van der Waals surface area contributed by atoms with Crippen LogP contribution in [0.3, 0.4) is 0 Å². The topological polar surface area (TPSA) is 63.3 Å². The highest BCUT2D eigenvalue weighted by atomic mass is 35.5. The summed E-state index contributed by atoms with van der Waals surface area (Å²) in [6, 6.07) is 1.56. The summed E-state index contributed by atoms with van der Waals surface area (Å²) in [4.78, 5) is 11.2. The van der Waals surface area contributed by atoms with Gasteiger partial charge in [0.05, 0.1) is 15.1 Å². The van der Waals surface area contributed by atoms with Gasteiger partial charge >= 0.3 is 5.97 Å². The van der Waals surface area contributed by atoms with E-state index in [1.807, 2.05) is 0 Å². The summed E-state index contributed by atoms with van der Waals surface area (Å²) in [5, 5.41) is 9.19. The smallest absolute Gasteiger partial charge is 0.303 e. The Bertz CT molecular complexity index is 484. The summed E-state index contributed by atoms with van der Waals surface area (Å²) in [7, 11) is 0. The minimum absolute atomic E-state index is 0.191. The summed E-state index contributed by atoms with van der Waals surface area (Å²) < 4.78 is 1.24. The summed E-state index contributed by atoms with van der Waals surface area (Å²) >= 11 is 13.4. The maximum absolute atomic E-state index is 11.2. The number of carboxylic acid groups (broad SMARTS) is 1. The average Bonchev–Trinajstić information content (AvgIpc) is 2.68. The second kappa shape index (κ2) is 6.65. The van der Waals surface area contributed by atoms with Gasteiger partial charge in [-0.25, -0.2) is 0 Å². The Morgan fingerprint density at radius 1 is 1.40 bits per heavy atom. The molecule has 1 saturated carbocycles. The third-order valence-corrected chi connectivity index (χ3v) is 5.69. The van der Waals surface area contributed by atoms with Gasteiger partial charge in [-0.15, -0.1) is 11.3 Å². The van der Waals surface area contributed by atoms with Crippen LogP contribution in [0.25, 0.3) is 0 Å². The lowest BCUT2D eigenvalue weighted by Gasteiger charge is -2.38. The fourth-order valence-electron chi connectivity index (χ4n) is 3.26. The molecule has 0 aliphatic heterocycles. The Labute approximate surface area is 133 Å². The Balaban J connectivity index is 2.14. The number of rotatable bonds is 5. The molecule has 6 heteroatoms. The number of carboxylic acids is 1. The van der Waals surface area contributed by atoms with Crippen LogP contribution >= 0.6 is 34.5 Å². The molecular formula is C14H19Cl2NO2S. The summed E-state index contributed by atoms with van der Waals surface area (Å²) in [5.41, 5.74) is 6.92. The van der Waals surface area contributed by atoms with Gasteiger partial charge in [-0.05, 0) is 36.3 Å². The number of hydrogen-bond acceptors (Lipinski definition) is 3. The van der Waals surface area contributed by atoms with E-state index in [1.165, 1.54) is 17.8 Å². The molecule has 0 amide bonds. The SMILES string of the molecule is NC(CC1(CC(=O)O)CCCCC1)c1cc(Cl)sc1Cl. The van der Waals surface area contributed by atoms with Gasteiger partial charge in [0.25, 0.3) is 0 Å². The lowest BCUT2D eigenvalue weighted by atomic mass is 9.68. The van der Waals surface area contributed by atoms with E-state index >= 15 is 0 Å². The molecule has 1 aromatic heterocycles. The number of hydrogen-bond donors (Lipinski definition) is 2. The molecule has 20 heavy (non-hydrogen) atoms. The molecule has 0 aromatic carbocycles.